The Labute approximate surface area is 255 Å². The highest BCUT2D eigenvalue weighted by Crippen LogP contribution is 2.69. The van der Waals surface area contributed by atoms with Gasteiger partial charge >= 0.3 is 5.97 Å². The summed E-state index contributed by atoms with van der Waals surface area (Å²) in [5, 5.41) is 35.1. The van der Waals surface area contributed by atoms with Crippen LogP contribution in [0.4, 0.5) is 0 Å². The largest absolute Gasteiger partial charge is 0.486 e. The molecule has 234 valence electrons. The average molecular weight is 607 g/mol. The van der Waals surface area contributed by atoms with Gasteiger partial charge in [0.25, 0.3) is 0 Å². The quantitative estimate of drug-likeness (QED) is 0.255. The van der Waals surface area contributed by atoms with Crippen molar-refractivity contribution in [2.45, 2.75) is 74.0 Å². The van der Waals surface area contributed by atoms with Gasteiger partial charge in [-0.3, -0.25) is 4.79 Å². The van der Waals surface area contributed by atoms with Crippen LogP contribution in [0.15, 0.2) is 72.8 Å². The van der Waals surface area contributed by atoms with Crippen LogP contribution in [0.1, 0.15) is 37.6 Å². The van der Waals surface area contributed by atoms with Crippen molar-refractivity contribution in [2.75, 3.05) is 13.4 Å². The molecule has 0 bridgehead atoms. The van der Waals surface area contributed by atoms with Gasteiger partial charge in [0.15, 0.2) is 17.0 Å². The molecule has 1 unspecified atom stereocenters. The van der Waals surface area contributed by atoms with E-state index in [-0.39, 0.29) is 13.2 Å². The number of carbonyl (C=O) groups is 2. The van der Waals surface area contributed by atoms with E-state index >= 15 is 0 Å². The number of rotatable bonds is 6. The number of para-hydroxylation sites is 1. The molecule has 0 radical (unpaired) electrons. The average Bonchev–Trinajstić information content (AvgIpc) is 3.52. The van der Waals surface area contributed by atoms with Crippen molar-refractivity contribution < 1.29 is 48.6 Å². The molecule has 5 fully saturated rings. The molecule has 2 saturated heterocycles. The van der Waals surface area contributed by atoms with E-state index in [9.17, 15) is 24.9 Å². The van der Waals surface area contributed by atoms with Crippen molar-refractivity contribution in [3.05, 3.63) is 78.4 Å². The fourth-order valence-electron chi connectivity index (χ4n) is 9.05. The Bertz CT molecular complexity index is 1480. The van der Waals surface area contributed by atoms with Crippen LogP contribution < -0.4 is 4.74 Å². The zero-order valence-electron chi connectivity index (χ0n) is 24.9. The third-order valence-electron chi connectivity index (χ3n) is 11.1. The van der Waals surface area contributed by atoms with Gasteiger partial charge < -0.3 is 39.0 Å². The molecule has 5 aliphatic rings. The first-order valence-electron chi connectivity index (χ1n) is 15.1. The standard InChI is InChI=1S/C34H38O10/c1-18(2)33-26(42-29(37)21-11-7-5-8-12-21)20(4)34(43-22-13-9-6-10-14-22)23-15-19(3)25(36)32(23,39)30(38)31(16-35)27(44-31)24(34)28(33)40-17-41-33/h5-14,19-20,23-24,26-28,30,35,38-39H,1,15-17H2,2-4H3/t19?,20-,23-,24+,26-,27+,28-,30-,31+,32-,33+,34+/m1/s1. The Morgan fingerprint density at radius 3 is 2.36 bits per heavy atom. The van der Waals surface area contributed by atoms with Crippen molar-refractivity contribution >= 4 is 11.8 Å². The zero-order valence-corrected chi connectivity index (χ0v) is 24.9. The summed E-state index contributed by atoms with van der Waals surface area (Å²) in [7, 11) is 0. The van der Waals surface area contributed by atoms with Crippen molar-refractivity contribution in [3.8, 4) is 5.75 Å². The molecule has 2 aromatic rings. The number of ether oxygens (including phenoxy) is 5. The van der Waals surface area contributed by atoms with Crippen LogP contribution >= 0.6 is 0 Å². The predicted molar refractivity (Wildman–Crippen MR) is 154 cm³/mol. The van der Waals surface area contributed by atoms with Crippen LogP contribution in [0, 0.1) is 23.7 Å². The van der Waals surface area contributed by atoms with E-state index in [1.807, 2.05) is 13.0 Å². The number of Topliss-reactive ketones (excluding diaryl/α,β-unsaturated/α-hetero) is 1. The highest BCUT2D eigenvalue weighted by atomic mass is 16.7. The molecule has 7 rings (SSSR count). The fraction of sp³-hybridized carbons (Fsp3) is 0.529. The van der Waals surface area contributed by atoms with Crippen LogP contribution in [0.5, 0.6) is 5.75 Å². The van der Waals surface area contributed by atoms with Gasteiger partial charge in [-0.25, -0.2) is 4.79 Å². The van der Waals surface area contributed by atoms with Crippen LogP contribution in [0.2, 0.25) is 0 Å². The van der Waals surface area contributed by atoms with Gasteiger partial charge in [0.1, 0.15) is 48.2 Å². The van der Waals surface area contributed by atoms with Crippen molar-refractivity contribution in [1.29, 1.82) is 0 Å². The number of esters is 1. The lowest BCUT2D eigenvalue weighted by Gasteiger charge is -2.60. The van der Waals surface area contributed by atoms with Crippen molar-refractivity contribution in [2.24, 2.45) is 23.7 Å². The van der Waals surface area contributed by atoms with E-state index in [1.54, 1.807) is 68.4 Å². The number of benzene rings is 2. The van der Waals surface area contributed by atoms with Gasteiger partial charge in [-0.1, -0.05) is 56.8 Å². The molecule has 3 aliphatic carbocycles. The zero-order chi connectivity index (χ0) is 31.2. The van der Waals surface area contributed by atoms with Crippen molar-refractivity contribution in [1.82, 2.24) is 0 Å². The van der Waals surface area contributed by atoms with E-state index < -0.39 is 88.9 Å². The summed E-state index contributed by atoms with van der Waals surface area (Å²) in [6, 6.07) is 17.6. The van der Waals surface area contributed by atoms with Crippen molar-refractivity contribution in [3.63, 3.8) is 0 Å². The van der Waals surface area contributed by atoms with Gasteiger partial charge in [0.2, 0.25) is 0 Å². The monoisotopic (exact) mass is 606 g/mol. The highest BCUT2D eigenvalue weighted by molar-refractivity contribution is 5.93. The Hall–Kier alpha value is -3.12. The van der Waals surface area contributed by atoms with Crippen LogP contribution in [0.25, 0.3) is 0 Å². The van der Waals surface area contributed by atoms with Crippen LogP contribution in [0.3, 0.4) is 0 Å². The van der Waals surface area contributed by atoms with Gasteiger partial charge in [0.05, 0.1) is 18.1 Å². The summed E-state index contributed by atoms with van der Waals surface area (Å²) in [4.78, 5) is 27.6. The molecule has 0 amide bonds. The minimum atomic E-state index is -2.34. The maximum atomic E-state index is 13.9. The Morgan fingerprint density at radius 2 is 1.73 bits per heavy atom. The van der Waals surface area contributed by atoms with Gasteiger partial charge in [0, 0.05) is 17.8 Å². The molecule has 10 heteroatoms. The number of aliphatic hydroxyl groups excluding tert-OH is 2. The normalized spacial score (nSPS) is 45.3. The summed E-state index contributed by atoms with van der Waals surface area (Å²) < 4.78 is 32.4. The molecule has 12 atom stereocenters. The molecule has 10 nitrogen and oxygen atoms in total. The second-order valence-electron chi connectivity index (χ2n) is 13.1. The molecule has 3 saturated carbocycles. The number of carbonyl (C=O) groups excluding carboxylic acids is 2. The SMILES string of the molecule is C=C(C)[C@@]12OCO[C@@H]1[C@@H]1[C@@H]3O[C@]3(CO)[C@@H](O)[C@]3(O)C(=O)C(C)C[C@H]3[C@@]1(Oc1ccccc1)[C@H](C)[C@H]2OC(=O)c1ccccc1. The highest BCUT2D eigenvalue weighted by Gasteiger charge is 2.87. The summed E-state index contributed by atoms with van der Waals surface area (Å²) in [5.74, 6) is -3.94. The van der Waals surface area contributed by atoms with E-state index in [1.165, 1.54) is 0 Å². The molecular weight excluding hydrogens is 568 g/mol. The van der Waals surface area contributed by atoms with Gasteiger partial charge in [-0.05, 0) is 43.2 Å². The molecule has 3 N–H and O–H groups in total. The molecule has 2 aromatic carbocycles. The summed E-state index contributed by atoms with van der Waals surface area (Å²) in [6.07, 6.45) is -4.46. The third kappa shape index (κ3) is 3.58. The van der Waals surface area contributed by atoms with E-state index in [0.717, 1.165) is 0 Å². The molecule has 2 heterocycles. The lowest BCUT2D eigenvalue weighted by Crippen LogP contribution is -2.77. The summed E-state index contributed by atoms with van der Waals surface area (Å²) in [6.45, 7) is 8.78. The maximum absolute atomic E-state index is 13.9. The Kier molecular flexibility index (Phi) is 6.68. The second kappa shape index (κ2) is 9.94. The maximum Gasteiger partial charge on any atom is 0.338 e. The minimum absolute atomic E-state index is 0.160. The summed E-state index contributed by atoms with van der Waals surface area (Å²) in [5.41, 5.74) is -6.02. The smallest absolute Gasteiger partial charge is 0.338 e. The number of epoxide rings is 1. The topological polar surface area (TPSA) is 144 Å². The number of hydrogen-bond donors (Lipinski definition) is 3. The first kappa shape index (κ1) is 29.6. The number of hydrogen-bond acceptors (Lipinski definition) is 10. The van der Waals surface area contributed by atoms with Gasteiger partial charge in [-0.15, -0.1) is 0 Å². The molecule has 0 spiro atoms. The Balaban J connectivity index is 1.49. The fourth-order valence-corrected chi connectivity index (χ4v) is 9.05. The van der Waals surface area contributed by atoms with Crippen LogP contribution in [-0.2, 0) is 23.7 Å². The van der Waals surface area contributed by atoms with Crippen LogP contribution in [-0.4, -0.2) is 87.3 Å². The van der Waals surface area contributed by atoms with E-state index in [0.29, 0.717) is 16.9 Å². The molecule has 2 aliphatic heterocycles. The first-order chi connectivity index (χ1) is 21.0. The number of aliphatic hydroxyl groups is 3. The molecule has 0 aromatic heterocycles. The molecule has 44 heavy (non-hydrogen) atoms. The first-order valence-corrected chi connectivity index (χ1v) is 15.1. The van der Waals surface area contributed by atoms with E-state index in [2.05, 4.69) is 6.58 Å². The minimum Gasteiger partial charge on any atom is -0.486 e. The lowest BCUT2D eigenvalue weighted by atomic mass is 9.52. The van der Waals surface area contributed by atoms with E-state index in [4.69, 9.17) is 23.7 Å². The number of fused-ring (bicyclic) bond motifs is 7. The Morgan fingerprint density at radius 1 is 1.07 bits per heavy atom. The third-order valence-corrected chi connectivity index (χ3v) is 11.1. The predicted octanol–water partition coefficient (Wildman–Crippen LogP) is 2.44. The summed E-state index contributed by atoms with van der Waals surface area (Å²) >= 11 is 0. The lowest BCUT2D eigenvalue weighted by molar-refractivity contribution is -0.253. The number of ketones is 1. The molecular formula is C34H38O10. The second-order valence-corrected chi connectivity index (χ2v) is 13.1. The van der Waals surface area contributed by atoms with Gasteiger partial charge in [-0.2, -0.15) is 0 Å².